The molecule has 1 aromatic rings. The zero-order chi connectivity index (χ0) is 15.3. The minimum Gasteiger partial charge on any atom is -0.367 e. The molecule has 0 radical (unpaired) electrons. The van der Waals surface area contributed by atoms with Crippen molar-refractivity contribution in [1.82, 2.24) is 15.3 Å². The van der Waals surface area contributed by atoms with Crippen LogP contribution < -0.4 is 10.2 Å². The summed E-state index contributed by atoms with van der Waals surface area (Å²) in [5.74, 6) is 1.28. The third-order valence-corrected chi connectivity index (χ3v) is 4.06. The summed E-state index contributed by atoms with van der Waals surface area (Å²) >= 11 is 0. The zero-order valence-electron chi connectivity index (χ0n) is 14.1. The quantitative estimate of drug-likeness (QED) is 0.830. The van der Waals surface area contributed by atoms with Gasteiger partial charge in [0, 0.05) is 25.0 Å². The van der Waals surface area contributed by atoms with Crippen LogP contribution in [0.1, 0.15) is 65.4 Å². The van der Waals surface area contributed by atoms with Gasteiger partial charge in [0.15, 0.2) is 0 Å². The summed E-state index contributed by atoms with van der Waals surface area (Å²) < 4.78 is 0. The van der Waals surface area contributed by atoms with Gasteiger partial charge in [-0.3, -0.25) is 0 Å². The van der Waals surface area contributed by atoms with Crippen LogP contribution in [0.2, 0.25) is 0 Å². The van der Waals surface area contributed by atoms with Crippen molar-refractivity contribution in [2.24, 2.45) is 0 Å². The molecule has 0 unspecified atom stereocenters. The SMILES string of the molecule is CCNCc1nc(C(C)C)ncc1N(C)C(C)(C)CC. The van der Waals surface area contributed by atoms with Crippen LogP contribution in [0, 0.1) is 0 Å². The lowest BCUT2D eigenvalue weighted by Crippen LogP contribution is -2.41. The highest BCUT2D eigenvalue weighted by atomic mass is 15.2. The van der Waals surface area contributed by atoms with Gasteiger partial charge in [-0.2, -0.15) is 0 Å². The Morgan fingerprint density at radius 2 is 1.95 bits per heavy atom. The molecular formula is C16H30N4. The molecule has 0 saturated carbocycles. The molecule has 0 spiro atoms. The van der Waals surface area contributed by atoms with Crippen LogP contribution in [0.5, 0.6) is 0 Å². The molecule has 114 valence electrons. The Morgan fingerprint density at radius 1 is 1.30 bits per heavy atom. The topological polar surface area (TPSA) is 41.1 Å². The average molecular weight is 278 g/mol. The number of nitrogens with one attached hydrogen (secondary N) is 1. The molecule has 0 fully saturated rings. The van der Waals surface area contributed by atoms with E-state index in [1.807, 2.05) is 6.20 Å². The van der Waals surface area contributed by atoms with E-state index in [9.17, 15) is 0 Å². The first-order valence-corrected chi connectivity index (χ1v) is 7.63. The number of nitrogens with zero attached hydrogens (tertiary/aromatic N) is 3. The average Bonchev–Trinajstić information content (AvgIpc) is 2.43. The van der Waals surface area contributed by atoms with E-state index in [1.54, 1.807) is 0 Å². The highest BCUT2D eigenvalue weighted by Crippen LogP contribution is 2.27. The minimum atomic E-state index is 0.101. The molecule has 4 heteroatoms. The molecule has 20 heavy (non-hydrogen) atoms. The standard InChI is InChI=1S/C16H30N4/c1-8-16(5,6)20(7)14-11-18-15(12(3)4)19-13(14)10-17-9-2/h11-12,17H,8-10H2,1-7H3. The van der Waals surface area contributed by atoms with E-state index in [4.69, 9.17) is 4.98 Å². The highest BCUT2D eigenvalue weighted by Gasteiger charge is 2.24. The third kappa shape index (κ3) is 3.92. The summed E-state index contributed by atoms with van der Waals surface area (Å²) in [6, 6.07) is 0. The van der Waals surface area contributed by atoms with Gasteiger partial charge in [0.2, 0.25) is 0 Å². The molecule has 0 aliphatic rings. The van der Waals surface area contributed by atoms with E-state index >= 15 is 0 Å². The first-order chi connectivity index (χ1) is 9.33. The van der Waals surface area contributed by atoms with Crippen LogP contribution >= 0.6 is 0 Å². The fourth-order valence-electron chi connectivity index (χ4n) is 1.92. The highest BCUT2D eigenvalue weighted by molar-refractivity contribution is 5.50. The fraction of sp³-hybridized carbons (Fsp3) is 0.750. The first kappa shape index (κ1) is 16.9. The molecule has 0 amide bonds. The molecule has 0 atom stereocenters. The molecule has 0 saturated heterocycles. The van der Waals surface area contributed by atoms with Crippen molar-refractivity contribution in [3.63, 3.8) is 0 Å². The smallest absolute Gasteiger partial charge is 0.131 e. The van der Waals surface area contributed by atoms with Crippen LogP contribution in [-0.2, 0) is 6.54 Å². The molecular weight excluding hydrogens is 248 g/mol. The largest absolute Gasteiger partial charge is 0.367 e. The predicted octanol–water partition coefficient (Wildman–Crippen LogP) is 3.33. The maximum absolute atomic E-state index is 4.76. The Bertz CT molecular complexity index is 426. The van der Waals surface area contributed by atoms with Gasteiger partial charge >= 0.3 is 0 Å². The van der Waals surface area contributed by atoms with Crippen LogP contribution in [0.15, 0.2) is 6.20 Å². The second-order valence-electron chi connectivity index (χ2n) is 6.22. The van der Waals surface area contributed by atoms with Gasteiger partial charge in [0.05, 0.1) is 17.6 Å². The summed E-state index contributed by atoms with van der Waals surface area (Å²) in [5, 5.41) is 3.38. The van der Waals surface area contributed by atoms with Gasteiger partial charge in [-0.15, -0.1) is 0 Å². The first-order valence-electron chi connectivity index (χ1n) is 7.63. The molecule has 1 heterocycles. The van der Waals surface area contributed by atoms with Gasteiger partial charge in [-0.25, -0.2) is 9.97 Å². The molecule has 0 aromatic carbocycles. The van der Waals surface area contributed by atoms with Crippen LogP contribution in [0.3, 0.4) is 0 Å². The molecule has 4 nitrogen and oxygen atoms in total. The molecule has 0 aliphatic heterocycles. The Labute approximate surface area is 124 Å². The van der Waals surface area contributed by atoms with Crippen LogP contribution in [-0.4, -0.2) is 29.1 Å². The van der Waals surface area contributed by atoms with Crippen molar-refractivity contribution in [3.05, 3.63) is 17.7 Å². The van der Waals surface area contributed by atoms with Gasteiger partial charge in [-0.05, 0) is 26.8 Å². The third-order valence-electron chi connectivity index (χ3n) is 4.06. The van der Waals surface area contributed by atoms with E-state index in [0.29, 0.717) is 5.92 Å². The molecule has 0 aliphatic carbocycles. The van der Waals surface area contributed by atoms with Gasteiger partial charge in [-0.1, -0.05) is 27.7 Å². The van der Waals surface area contributed by atoms with Crippen molar-refractivity contribution in [3.8, 4) is 0 Å². The van der Waals surface area contributed by atoms with Crippen molar-refractivity contribution >= 4 is 5.69 Å². The van der Waals surface area contributed by atoms with Gasteiger partial charge < -0.3 is 10.2 Å². The lowest BCUT2D eigenvalue weighted by molar-refractivity contribution is 0.467. The summed E-state index contributed by atoms with van der Waals surface area (Å²) in [4.78, 5) is 11.6. The Hall–Kier alpha value is -1.16. The number of hydrogen-bond donors (Lipinski definition) is 1. The Kier molecular flexibility index (Phi) is 5.93. The molecule has 1 aromatic heterocycles. The lowest BCUT2D eigenvalue weighted by atomic mass is 9.99. The second kappa shape index (κ2) is 7.02. The van der Waals surface area contributed by atoms with Crippen molar-refractivity contribution < 1.29 is 0 Å². The van der Waals surface area contributed by atoms with E-state index in [2.05, 4.69) is 63.8 Å². The van der Waals surface area contributed by atoms with Crippen LogP contribution in [0.4, 0.5) is 5.69 Å². The second-order valence-corrected chi connectivity index (χ2v) is 6.22. The number of anilines is 1. The number of aromatic nitrogens is 2. The zero-order valence-corrected chi connectivity index (χ0v) is 14.1. The van der Waals surface area contributed by atoms with Gasteiger partial charge in [0.1, 0.15) is 5.82 Å². The summed E-state index contributed by atoms with van der Waals surface area (Å²) in [7, 11) is 2.13. The molecule has 1 rings (SSSR count). The van der Waals surface area contributed by atoms with E-state index in [-0.39, 0.29) is 5.54 Å². The fourth-order valence-corrected chi connectivity index (χ4v) is 1.92. The van der Waals surface area contributed by atoms with E-state index in [0.717, 1.165) is 36.7 Å². The van der Waals surface area contributed by atoms with E-state index < -0.39 is 0 Å². The normalized spacial score (nSPS) is 12.0. The predicted molar refractivity (Wildman–Crippen MR) is 86.3 cm³/mol. The number of rotatable bonds is 7. The van der Waals surface area contributed by atoms with Crippen molar-refractivity contribution in [1.29, 1.82) is 0 Å². The van der Waals surface area contributed by atoms with Crippen molar-refractivity contribution in [2.45, 2.75) is 66.0 Å². The van der Waals surface area contributed by atoms with E-state index in [1.165, 1.54) is 0 Å². The number of hydrogen-bond acceptors (Lipinski definition) is 4. The maximum atomic E-state index is 4.76. The summed E-state index contributed by atoms with van der Waals surface area (Å²) in [5.41, 5.74) is 2.32. The Balaban J connectivity index is 3.16. The lowest BCUT2D eigenvalue weighted by Gasteiger charge is -2.37. The summed E-state index contributed by atoms with van der Waals surface area (Å²) in [6.07, 6.45) is 3.06. The molecule has 0 bridgehead atoms. The van der Waals surface area contributed by atoms with Crippen LogP contribution in [0.25, 0.3) is 0 Å². The monoisotopic (exact) mass is 278 g/mol. The summed E-state index contributed by atoms with van der Waals surface area (Å²) in [6.45, 7) is 14.8. The minimum absolute atomic E-state index is 0.101. The maximum Gasteiger partial charge on any atom is 0.131 e. The van der Waals surface area contributed by atoms with Gasteiger partial charge in [0.25, 0.3) is 0 Å². The Morgan fingerprint density at radius 3 is 2.45 bits per heavy atom. The van der Waals surface area contributed by atoms with Crippen molar-refractivity contribution in [2.75, 3.05) is 18.5 Å². The molecule has 1 N–H and O–H groups in total.